The summed E-state index contributed by atoms with van der Waals surface area (Å²) in [4.78, 5) is 32.5. The van der Waals surface area contributed by atoms with Crippen LogP contribution in [0.15, 0.2) is 60.2 Å². The molecule has 0 aromatic heterocycles. The zero-order chi connectivity index (χ0) is 37.9. The molecule has 11 heteroatoms. The fourth-order valence-electron chi connectivity index (χ4n) is 7.35. The van der Waals surface area contributed by atoms with Gasteiger partial charge in [0.05, 0.1) is 16.1 Å². The minimum atomic E-state index is -0.657. The molecule has 53 heavy (non-hydrogen) atoms. The molecule has 2 aliphatic heterocycles. The molecule has 3 aromatic carbocycles. The van der Waals surface area contributed by atoms with Crippen LogP contribution >= 0.6 is 34.8 Å². The summed E-state index contributed by atoms with van der Waals surface area (Å²) >= 11 is 19.4. The first-order valence-corrected chi connectivity index (χ1v) is 19.6. The van der Waals surface area contributed by atoms with E-state index in [0.717, 1.165) is 59.9 Å². The van der Waals surface area contributed by atoms with Crippen LogP contribution in [-0.4, -0.2) is 72.5 Å². The van der Waals surface area contributed by atoms with Gasteiger partial charge in [-0.05, 0) is 131 Å². The second-order valence-electron chi connectivity index (χ2n) is 15.2. The molecule has 3 aliphatic rings. The number of methoxy groups -OCH3 is 1. The van der Waals surface area contributed by atoms with Crippen molar-refractivity contribution in [2.45, 2.75) is 103 Å². The second kappa shape index (κ2) is 16.9. The van der Waals surface area contributed by atoms with E-state index in [1.54, 1.807) is 7.11 Å². The minimum Gasteiger partial charge on any atom is -0.490 e. The van der Waals surface area contributed by atoms with Crippen molar-refractivity contribution in [1.82, 2.24) is 9.80 Å². The van der Waals surface area contributed by atoms with E-state index in [-0.39, 0.29) is 37.3 Å². The third-order valence-corrected chi connectivity index (χ3v) is 10.8. The summed E-state index contributed by atoms with van der Waals surface area (Å²) in [5.41, 5.74) is 4.94. The molecule has 1 saturated heterocycles. The number of amides is 2. The van der Waals surface area contributed by atoms with Gasteiger partial charge in [0.15, 0.2) is 5.75 Å². The van der Waals surface area contributed by atoms with Crippen molar-refractivity contribution < 1.29 is 28.5 Å². The molecule has 3 aromatic rings. The van der Waals surface area contributed by atoms with E-state index in [9.17, 15) is 4.79 Å². The summed E-state index contributed by atoms with van der Waals surface area (Å²) in [7, 11) is 1.71. The van der Waals surface area contributed by atoms with Crippen molar-refractivity contribution in [2.75, 3.05) is 26.9 Å². The molecule has 0 N–H and O–H groups in total. The topological polar surface area (TPSA) is 77.5 Å². The number of carbonyl (C=O) groups excluding carboxylic acids is 2. The van der Waals surface area contributed by atoms with Gasteiger partial charge < -0.3 is 23.8 Å². The number of hydrogen-bond acceptors (Lipinski definition) is 6. The average Bonchev–Trinajstić information content (AvgIpc) is 3.89. The number of carbonyl (C=O) groups is 2. The number of nitrogens with zero attached hydrogens (tertiary/aromatic N) is 2. The molecule has 0 radical (unpaired) electrons. The van der Waals surface area contributed by atoms with Gasteiger partial charge >= 0.3 is 6.09 Å². The second-order valence-corrected chi connectivity index (χ2v) is 16.4. The van der Waals surface area contributed by atoms with Crippen molar-refractivity contribution >= 4 is 52.4 Å². The van der Waals surface area contributed by atoms with Gasteiger partial charge in [-0.2, -0.15) is 0 Å². The fraction of sp³-hybridized carbons (Fsp3) is 0.476. The molecule has 2 amide bonds. The lowest BCUT2D eigenvalue weighted by molar-refractivity contribution is -0.129. The molecule has 2 heterocycles. The van der Waals surface area contributed by atoms with Gasteiger partial charge in [-0.15, -0.1) is 0 Å². The molecule has 1 saturated carbocycles. The quantitative estimate of drug-likeness (QED) is 0.152. The lowest BCUT2D eigenvalue weighted by Gasteiger charge is -2.39. The monoisotopic (exact) mass is 782 g/mol. The third-order valence-electron chi connectivity index (χ3n) is 9.89. The molecule has 8 nitrogen and oxygen atoms in total. The highest BCUT2D eigenvalue weighted by atomic mass is 35.5. The Bertz CT molecular complexity index is 1810. The Morgan fingerprint density at radius 1 is 0.868 bits per heavy atom. The largest absolute Gasteiger partial charge is 0.490 e. The van der Waals surface area contributed by atoms with Gasteiger partial charge in [0.25, 0.3) is 5.91 Å². The van der Waals surface area contributed by atoms with Gasteiger partial charge in [0, 0.05) is 42.9 Å². The predicted molar refractivity (Wildman–Crippen MR) is 210 cm³/mol. The van der Waals surface area contributed by atoms with Gasteiger partial charge in [-0.3, -0.25) is 9.69 Å². The van der Waals surface area contributed by atoms with E-state index in [2.05, 4.69) is 6.07 Å². The number of benzene rings is 3. The Morgan fingerprint density at radius 3 is 2.23 bits per heavy atom. The Hall–Kier alpha value is -3.43. The molecule has 2 bridgehead atoms. The highest BCUT2D eigenvalue weighted by molar-refractivity contribution is 6.37. The van der Waals surface area contributed by atoms with Crippen LogP contribution in [-0.2, 0) is 27.2 Å². The van der Waals surface area contributed by atoms with Crippen molar-refractivity contribution in [1.29, 1.82) is 0 Å². The lowest BCUT2D eigenvalue weighted by atomic mass is 9.87. The zero-order valence-corrected chi connectivity index (χ0v) is 33.5. The summed E-state index contributed by atoms with van der Waals surface area (Å²) in [5.74, 6) is 1.06. The standard InChI is InChI=1S/C42H49Cl3N2O6/c1-26-21-35(44)39(36(45)22-26)52-20-19-51-32-14-9-28(10-15-32)33-24-31-13-17-37(47(31)41(49)53-42(2,3)4)38(33)40(48)46(30-11-12-30)25-29-23-27(7-6-18-50-5)8-16-34(29)43/h8-10,14-16,21-23,30-31,37H,6-7,11-13,17-20,24-25H2,1-5H3/t31-,37?/m0/s1. The van der Waals surface area contributed by atoms with E-state index in [1.165, 1.54) is 0 Å². The molecule has 6 rings (SSSR count). The Morgan fingerprint density at radius 2 is 1.57 bits per heavy atom. The van der Waals surface area contributed by atoms with Crippen LogP contribution in [0.1, 0.15) is 81.5 Å². The molecule has 2 fully saturated rings. The van der Waals surface area contributed by atoms with Crippen LogP contribution in [0.25, 0.3) is 5.57 Å². The maximum atomic E-state index is 15.0. The van der Waals surface area contributed by atoms with Crippen molar-refractivity contribution in [2.24, 2.45) is 0 Å². The number of ether oxygens (including phenoxy) is 4. The normalized spacial score (nSPS) is 18.3. The molecule has 0 spiro atoms. The van der Waals surface area contributed by atoms with Crippen LogP contribution in [0, 0.1) is 6.92 Å². The van der Waals surface area contributed by atoms with Crippen LogP contribution < -0.4 is 9.47 Å². The van der Waals surface area contributed by atoms with Gasteiger partial charge in [0.2, 0.25) is 0 Å². The Kier molecular flexibility index (Phi) is 12.5. The number of fused-ring (bicyclic) bond motifs is 2. The van der Waals surface area contributed by atoms with Crippen molar-refractivity contribution in [3.63, 3.8) is 0 Å². The summed E-state index contributed by atoms with van der Waals surface area (Å²) in [5, 5.41) is 1.55. The zero-order valence-electron chi connectivity index (χ0n) is 31.2. The van der Waals surface area contributed by atoms with E-state index in [0.29, 0.717) is 58.1 Å². The molecule has 1 unspecified atom stereocenters. The minimum absolute atomic E-state index is 0.0480. The molecular weight excluding hydrogens is 735 g/mol. The van der Waals surface area contributed by atoms with Crippen LogP contribution in [0.5, 0.6) is 11.5 Å². The summed E-state index contributed by atoms with van der Waals surface area (Å²) in [6.07, 6.45) is 5.29. The van der Waals surface area contributed by atoms with Crippen LogP contribution in [0.3, 0.4) is 0 Å². The number of rotatable bonds is 14. The molecule has 2 atom stereocenters. The van der Waals surface area contributed by atoms with Crippen molar-refractivity contribution in [3.8, 4) is 11.5 Å². The van der Waals surface area contributed by atoms with Crippen LogP contribution in [0.2, 0.25) is 15.1 Å². The summed E-state index contributed by atoms with van der Waals surface area (Å²) in [6.45, 7) is 9.15. The lowest BCUT2D eigenvalue weighted by Crippen LogP contribution is -2.50. The molecular formula is C42H49Cl3N2O6. The number of aryl methyl sites for hydroxylation is 2. The Balaban J connectivity index is 1.26. The average molecular weight is 784 g/mol. The number of halogens is 3. The fourth-order valence-corrected chi connectivity index (χ4v) is 8.23. The van der Waals surface area contributed by atoms with Crippen molar-refractivity contribution in [3.05, 3.63) is 97.5 Å². The molecule has 1 aliphatic carbocycles. The molecule has 284 valence electrons. The van der Waals surface area contributed by atoms with Gasteiger partial charge in [-0.1, -0.05) is 59.1 Å². The maximum Gasteiger partial charge on any atom is 0.411 e. The van der Waals surface area contributed by atoms with Gasteiger partial charge in [-0.25, -0.2) is 4.79 Å². The van der Waals surface area contributed by atoms with Crippen LogP contribution in [0.4, 0.5) is 4.79 Å². The predicted octanol–water partition coefficient (Wildman–Crippen LogP) is 10.1. The summed E-state index contributed by atoms with van der Waals surface area (Å²) < 4.78 is 23.0. The maximum absolute atomic E-state index is 15.0. The summed E-state index contributed by atoms with van der Waals surface area (Å²) in [6, 6.07) is 17.2. The van der Waals surface area contributed by atoms with E-state index < -0.39 is 11.6 Å². The van der Waals surface area contributed by atoms with Gasteiger partial charge in [0.1, 0.15) is 24.6 Å². The van der Waals surface area contributed by atoms with E-state index in [4.69, 9.17) is 53.8 Å². The van der Waals surface area contributed by atoms with E-state index >= 15 is 4.79 Å². The SMILES string of the molecule is COCCCc1ccc(Cl)c(CN(C(=O)C2=C(c3ccc(OCCOc4c(Cl)cc(C)cc4Cl)cc3)C[C@@H]3CCC2N3C(=O)OC(C)(C)C)C2CC2)c1. The first-order valence-electron chi connectivity index (χ1n) is 18.5. The highest BCUT2D eigenvalue weighted by Gasteiger charge is 2.49. The first kappa shape index (κ1) is 39.3. The highest BCUT2D eigenvalue weighted by Crippen LogP contribution is 2.46. The Labute approximate surface area is 328 Å². The third kappa shape index (κ3) is 9.63. The number of hydrogen-bond donors (Lipinski definition) is 0. The van der Waals surface area contributed by atoms with E-state index in [1.807, 2.05) is 86.0 Å². The smallest absolute Gasteiger partial charge is 0.411 e. The first-order chi connectivity index (χ1) is 25.3.